The van der Waals surface area contributed by atoms with Crippen molar-refractivity contribution in [2.45, 2.75) is 96.7 Å². The molecule has 0 unspecified atom stereocenters. The molecule has 0 saturated carbocycles. The Morgan fingerprint density at radius 1 is 0.426 bits per heavy atom. The molecule has 0 bridgehead atoms. The third-order valence-corrected chi connectivity index (χ3v) is 7.56. The minimum absolute atomic E-state index is 0.123. The van der Waals surface area contributed by atoms with Crippen LogP contribution in [0.4, 0.5) is 14.4 Å². The van der Waals surface area contributed by atoms with Gasteiger partial charge < -0.3 is 45.5 Å². The first-order chi connectivity index (χ1) is 26.3. The van der Waals surface area contributed by atoms with Crippen LogP contribution in [0.5, 0.6) is 0 Å². The second-order valence-electron chi connectivity index (χ2n) is 11.6. The lowest BCUT2D eigenvalue weighted by Gasteiger charge is -2.14. The van der Waals surface area contributed by atoms with Crippen LogP contribution in [0.1, 0.15) is 77.0 Å². The highest BCUT2D eigenvalue weighted by Crippen LogP contribution is 2.03. The van der Waals surface area contributed by atoms with Crippen molar-refractivity contribution in [3.63, 3.8) is 0 Å². The van der Waals surface area contributed by atoms with E-state index in [0.29, 0.717) is 96.7 Å². The van der Waals surface area contributed by atoms with Crippen molar-refractivity contribution in [2.75, 3.05) is 59.3 Å². The van der Waals surface area contributed by atoms with E-state index in [1.807, 2.05) is 0 Å². The lowest BCUT2D eigenvalue weighted by Crippen LogP contribution is -2.54. The Kier molecular flexibility index (Phi) is 27.1. The minimum Gasteiger partial charge on any atom is -0.436 e. The number of nitrogens with zero attached hydrogens (tertiary/aromatic N) is 3. The third-order valence-electron chi connectivity index (χ3n) is 7.56. The molecule has 0 atom stereocenters. The molecule has 18 heteroatoms. The average Bonchev–Trinajstić information content (AvgIpc) is 3.16. The summed E-state index contributed by atoms with van der Waals surface area (Å²) in [7, 11) is 0. The molecule has 0 spiro atoms. The lowest BCUT2D eigenvalue weighted by atomic mass is 10.2. The fourth-order valence-corrected chi connectivity index (χ4v) is 4.85. The Hall–Kier alpha value is -5.22. The molecule has 1 heterocycles. The van der Waals surface area contributed by atoms with Gasteiger partial charge in [-0.05, 0) is 38.5 Å². The standard InChI is InChI=1S/C36H54N6O12/c43-25-13-16-28-52-31(46)37-19-7-1-4-10-22-40-34(49)41(23-11-5-2-8-20-38-32(47)53-29-17-14-26-44)36(51)42(35(40)50)24-12-6-3-9-21-39-33(48)54-30-18-15-27-45/h43-45H,1-12,19-30H2,(H,37,46)(H,38,47)(H,39,48). The number of amides is 3. The average molecular weight is 763 g/mol. The number of hydrogen-bond acceptors (Lipinski definition) is 12. The monoisotopic (exact) mass is 762 g/mol. The molecule has 3 amide bonds. The summed E-state index contributed by atoms with van der Waals surface area (Å²) in [5, 5.41) is 33.6. The number of hydrogen-bond donors (Lipinski definition) is 6. The van der Waals surface area contributed by atoms with E-state index in [-0.39, 0.29) is 59.3 Å². The number of carbonyl (C=O) groups excluding carboxylic acids is 3. The molecular formula is C36H54N6O12. The smallest absolute Gasteiger partial charge is 0.408 e. The highest BCUT2D eigenvalue weighted by Gasteiger charge is 2.15. The lowest BCUT2D eigenvalue weighted by molar-refractivity contribution is 0.159. The zero-order chi connectivity index (χ0) is 39.7. The number of aromatic nitrogens is 3. The van der Waals surface area contributed by atoms with Crippen LogP contribution in [-0.2, 0) is 33.8 Å². The van der Waals surface area contributed by atoms with Crippen molar-refractivity contribution < 1.29 is 43.9 Å². The van der Waals surface area contributed by atoms with E-state index in [0.717, 1.165) is 13.7 Å². The molecule has 0 saturated heterocycles. The molecule has 0 aliphatic carbocycles. The van der Waals surface area contributed by atoms with Crippen molar-refractivity contribution in [1.29, 1.82) is 0 Å². The minimum atomic E-state index is -0.663. The predicted molar refractivity (Wildman–Crippen MR) is 197 cm³/mol. The maximum atomic E-state index is 13.4. The molecule has 6 N–H and O–H groups in total. The van der Waals surface area contributed by atoms with Gasteiger partial charge in [0.1, 0.15) is 19.8 Å². The van der Waals surface area contributed by atoms with Gasteiger partial charge >= 0.3 is 35.3 Å². The summed E-state index contributed by atoms with van der Waals surface area (Å²) in [6, 6.07) is 0. The quantitative estimate of drug-likeness (QED) is 0.0464. The number of rotatable bonds is 24. The molecule has 54 heavy (non-hydrogen) atoms. The Balaban J connectivity index is 2.71. The van der Waals surface area contributed by atoms with Gasteiger partial charge in [0, 0.05) is 39.3 Å². The number of carbonyl (C=O) groups is 3. The molecule has 0 aliphatic rings. The van der Waals surface area contributed by atoms with E-state index < -0.39 is 35.3 Å². The van der Waals surface area contributed by atoms with Gasteiger partial charge in [0.15, 0.2) is 19.8 Å². The summed E-state index contributed by atoms with van der Waals surface area (Å²) in [5.41, 5.74) is -1.99. The van der Waals surface area contributed by atoms with Crippen LogP contribution in [0.15, 0.2) is 14.4 Å². The molecule has 0 fully saturated rings. The molecule has 0 aromatic carbocycles. The van der Waals surface area contributed by atoms with Gasteiger partial charge in [-0.1, -0.05) is 74.0 Å². The maximum Gasteiger partial charge on any atom is 0.408 e. The fourth-order valence-electron chi connectivity index (χ4n) is 4.85. The number of aliphatic hydroxyl groups excluding tert-OH is 3. The summed E-state index contributed by atoms with van der Waals surface area (Å²) in [6.45, 7) is 0.148. The predicted octanol–water partition coefficient (Wildman–Crippen LogP) is 0.0186. The molecule has 1 aromatic rings. The van der Waals surface area contributed by atoms with E-state index in [1.54, 1.807) is 0 Å². The molecule has 0 aliphatic heterocycles. The second kappa shape index (κ2) is 31.3. The highest BCUT2D eigenvalue weighted by atomic mass is 16.6. The van der Waals surface area contributed by atoms with Crippen molar-refractivity contribution in [3.8, 4) is 35.5 Å². The summed E-state index contributed by atoms with van der Waals surface area (Å²) in [6.07, 6.45) is 5.70. The number of nitrogens with one attached hydrogen (secondary N) is 3. The molecule has 1 aromatic heterocycles. The second-order valence-corrected chi connectivity index (χ2v) is 11.6. The summed E-state index contributed by atoms with van der Waals surface area (Å²) >= 11 is 0. The Morgan fingerprint density at radius 2 is 0.685 bits per heavy atom. The van der Waals surface area contributed by atoms with Crippen molar-refractivity contribution in [1.82, 2.24) is 29.7 Å². The van der Waals surface area contributed by atoms with Crippen LogP contribution in [-0.4, -0.2) is 107 Å². The van der Waals surface area contributed by atoms with E-state index in [4.69, 9.17) is 29.5 Å². The van der Waals surface area contributed by atoms with Crippen molar-refractivity contribution in [2.24, 2.45) is 0 Å². The van der Waals surface area contributed by atoms with Crippen LogP contribution in [0.3, 0.4) is 0 Å². The van der Waals surface area contributed by atoms with Crippen molar-refractivity contribution >= 4 is 18.3 Å². The molecule has 300 valence electrons. The van der Waals surface area contributed by atoms with Gasteiger partial charge in [-0.3, -0.25) is 0 Å². The zero-order valence-corrected chi connectivity index (χ0v) is 30.8. The summed E-state index contributed by atoms with van der Waals surface area (Å²) < 4.78 is 17.9. The largest absolute Gasteiger partial charge is 0.436 e. The normalized spacial score (nSPS) is 10.1. The van der Waals surface area contributed by atoms with Gasteiger partial charge in [-0.2, -0.15) is 0 Å². The van der Waals surface area contributed by atoms with E-state index in [2.05, 4.69) is 51.5 Å². The number of unbranched alkanes of at least 4 members (excludes halogenated alkanes) is 9. The van der Waals surface area contributed by atoms with Crippen LogP contribution >= 0.6 is 0 Å². The van der Waals surface area contributed by atoms with Crippen LogP contribution in [0, 0.1) is 35.5 Å². The molecule has 0 radical (unpaired) electrons. The fraction of sp³-hybridized carbons (Fsp3) is 0.667. The summed E-state index contributed by atoms with van der Waals surface area (Å²) in [5.74, 6) is 14.5. The van der Waals surface area contributed by atoms with Crippen LogP contribution in [0.25, 0.3) is 0 Å². The number of aliphatic hydroxyl groups is 3. The van der Waals surface area contributed by atoms with Gasteiger partial charge in [0.25, 0.3) is 0 Å². The van der Waals surface area contributed by atoms with Gasteiger partial charge in [0.2, 0.25) is 0 Å². The molecule has 18 nitrogen and oxygen atoms in total. The van der Waals surface area contributed by atoms with Gasteiger partial charge in [-0.25, -0.2) is 42.5 Å². The third kappa shape index (κ3) is 22.0. The molecular weight excluding hydrogens is 708 g/mol. The Morgan fingerprint density at radius 3 is 0.944 bits per heavy atom. The van der Waals surface area contributed by atoms with Gasteiger partial charge in [0.05, 0.1) is 0 Å². The SMILES string of the molecule is O=C(NCCCCCCn1c(=O)n(CCCCCCNC(=O)OCC#CCO)c(=O)n(CCCCCCNC(=O)OCC#CCO)c1=O)OCC#CCO. The van der Waals surface area contributed by atoms with E-state index in [9.17, 15) is 28.8 Å². The first-order valence-corrected chi connectivity index (χ1v) is 18.1. The van der Waals surface area contributed by atoms with E-state index >= 15 is 0 Å². The Bertz CT molecular complexity index is 1410. The van der Waals surface area contributed by atoms with Crippen molar-refractivity contribution in [3.05, 3.63) is 31.5 Å². The summed E-state index contributed by atoms with van der Waals surface area (Å²) in [4.78, 5) is 75.1. The number of alkyl carbamates (subject to hydrolysis) is 3. The van der Waals surface area contributed by atoms with Crippen LogP contribution in [0.2, 0.25) is 0 Å². The Labute approximate surface area is 314 Å². The highest BCUT2D eigenvalue weighted by molar-refractivity contribution is 5.67. The molecule has 1 rings (SSSR count). The first-order valence-electron chi connectivity index (χ1n) is 18.1. The first kappa shape index (κ1) is 46.8. The van der Waals surface area contributed by atoms with Crippen LogP contribution < -0.4 is 33.0 Å². The maximum absolute atomic E-state index is 13.4. The van der Waals surface area contributed by atoms with E-state index in [1.165, 1.54) is 0 Å². The zero-order valence-electron chi connectivity index (χ0n) is 30.8. The topological polar surface area (TPSA) is 242 Å². The van der Waals surface area contributed by atoms with Gasteiger partial charge in [-0.15, -0.1) is 0 Å². The number of ether oxygens (including phenoxy) is 3.